The van der Waals surface area contributed by atoms with E-state index in [1.165, 1.54) is 24.4 Å². The predicted octanol–water partition coefficient (Wildman–Crippen LogP) is 4.05. The zero-order valence-corrected chi connectivity index (χ0v) is 18.1. The zero-order chi connectivity index (χ0) is 23.5. The lowest BCUT2D eigenvalue weighted by molar-refractivity contribution is 0.0124. The van der Waals surface area contributed by atoms with Gasteiger partial charge < -0.3 is 14.6 Å². The van der Waals surface area contributed by atoms with E-state index in [9.17, 15) is 18.0 Å². The normalized spacial score (nSPS) is 12.5. The van der Waals surface area contributed by atoms with Gasteiger partial charge in [0.25, 0.3) is 11.8 Å². The van der Waals surface area contributed by atoms with E-state index in [2.05, 4.69) is 25.5 Å². The second kappa shape index (κ2) is 9.33. The fourth-order valence-electron chi connectivity index (χ4n) is 3.10. The van der Waals surface area contributed by atoms with Gasteiger partial charge in [-0.15, -0.1) is 10.2 Å². The van der Waals surface area contributed by atoms with Gasteiger partial charge >= 0.3 is 0 Å². The minimum absolute atomic E-state index is 0.0512. The van der Waals surface area contributed by atoms with Crippen molar-refractivity contribution in [1.29, 1.82) is 0 Å². The quantitative estimate of drug-likeness (QED) is 0.555. The first-order chi connectivity index (χ1) is 15.1. The molecule has 1 atom stereocenters. The van der Waals surface area contributed by atoms with Crippen LogP contribution in [0.3, 0.4) is 0 Å². The Hall–Kier alpha value is -3.50. The van der Waals surface area contributed by atoms with Crippen LogP contribution in [0, 0.1) is 12.7 Å². The smallest absolute Gasteiger partial charge is 0.288 e. The maximum absolute atomic E-state index is 13.9. The molecule has 0 saturated heterocycles. The number of nitrogens with zero attached hydrogens (tertiary/aromatic N) is 5. The van der Waals surface area contributed by atoms with Gasteiger partial charge in [-0.1, -0.05) is 0 Å². The summed E-state index contributed by atoms with van der Waals surface area (Å²) in [7, 11) is 0. The van der Waals surface area contributed by atoms with Crippen molar-refractivity contribution in [3.05, 3.63) is 53.6 Å². The number of nitrogens with one attached hydrogen (secondary N) is 1. The Balaban J connectivity index is 1.76. The fraction of sp³-hybridized carbons (Fsp3) is 0.381. The number of aryl methyl sites for hydroxylation is 1. The van der Waals surface area contributed by atoms with Gasteiger partial charge in [-0.3, -0.25) is 4.79 Å². The average molecular weight is 448 g/mol. The molecule has 0 unspecified atom stereocenters. The summed E-state index contributed by atoms with van der Waals surface area (Å²) in [6.07, 6.45) is 2.22. The highest BCUT2D eigenvalue weighted by Crippen LogP contribution is 2.26. The van der Waals surface area contributed by atoms with Crippen LogP contribution in [0.2, 0.25) is 0 Å². The van der Waals surface area contributed by atoms with Crippen molar-refractivity contribution in [2.45, 2.75) is 39.7 Å². The standard InChI is InChI=1S/C21H23F3N6O2/c1-5-30(12(2)9-26-18-11-25-17(10-27-18)21(4,23)24)20(31)15-7-6-14(22)8-16(15)19-29-28-13(3)32-19/h6-8,10-12H,5,9H2,1-4H3,(H,26,27)/t12-/m0/s1. The van der Waals surface area contributed by atoms with E-state index in [1.807, 2.05) is 13.8 Å². The van der Waals surface area contributed by atoms with Gasteiger partial charge in [-0.2, -0.15) is 8.78 Å². The highest BCUT2D eigenvalue weighted by molar-refractivity contribution is 6.00. The lowest BCUT2D eigenvalue weighted by atomic mass is 10.0. The van der Waals surface area contributed by atoms with Crippen molar-refractivity contribution >= 4 is 11.7 Å². The molecule has 2 heterocycles. The summed E-state index contributed by atoms with van der Waals surface area (Å²) in [5, 5.41) is 10.6. The molecule has 32 heavy (non-hydrogen) atoms. The topological polar surface area (TPSA) is 97.0 Å². The molecule has 2 aromatic heterocycles. The number of carbonyl (C=O) groups excluding carboxylic acids is 1. The summed E-state index contributed by atoms with van der Waals surface area (Å²) in [6, 6.07) is 3.43. The second-order valence-electron chi connectivity index (χ2n) is 7.31. The molecular formula is C21H23F3N6O2. The number of aromatic nitrogens is 4. The summed E-state index contributed by atoms with van der Waals surface area (Å²) < 4.78 is 45.8. The summed E-state index contributed by atoms with van der Waals surface area (Å²) in [6.45, 7) is 6.62. The number of alkyl halides is 2. The fourth-order valence-corrected chi connectivity index (χ4v) is 3.10. The van der Waals surface area contributed by atoms with Crippen LogP contribution < -0.4 is 5.32 Å². The number of halogens is 3. The van der Waals surface area contributed by atoms with E-state index in [1.54, 1.807) is 11.8 Å². The first-order valence-electron chi connectivity index (χ1n) is 9.95. The van der Waals surface area contributed by atoms with Crippen LogP contribution in [0.1, 0.15) is 42.7 Å². The maximum atomic E-state index is 13.9. The van der Waals surface area contributed by atoms with Crippen molar-refractivity contribution < 1.29 is 22.4 Å². The molecule has 11 heteroatoms. The Morgan fingerprint density at radius 1 is 1.25 bits per heavy atom. The third-order valence-electron chi connectivity index (χ3n) is 4.78. The lowest BCUT2D eigenvalue weighted by Gasteiger charge is -2.29. The largest absolute Gasteiger partial charge is 0.421 e. The van der Waals surface area contributed by atoms with Crippen molar-refractivity contribution in [3.8, 4) is 11.5 Å². The van der Waals surface area contributed by atoms with E-state index < -0.39 is 17.4 Å². The zero-order valence-electron chi connectivity index (χ0n) is 18.1. The van der Waals surface area contributed by atoms with Gasteiger partial charge in [0.05, 0.1) is 23.5 Å². The third kappa shape index (κ3) is 5.21. The molecule has 3 rings (SSSR count). The number of benzene rings is 1. The second-order valence-corrected chi connectivity index (χ2v) is 7.31. The molecular weight excluding hydrogens is 425 g/mol. The molecule has 170 valence electrons. The van der Waals surface area contributed by atoms with Crippen LogP contribution >= 0.6 is 0 Å². The highest BCUT2D eigenvalue weighted by Gasteiger charge is 2.27. The van der Waals surface area contributed by atoms with Crippen LogP contribution in [0.15, 0.2) is 35.0 Å². The van der Waals surface area contributed by atoms with Crippen molar-refractivity contribution in [2.75, 3.05) is 18.4 Å². The monoisotopic (exact) mass is 448 g/mol. The molecule has 3 aromatic rings. The van der Waals surface area contributed by atoms with Gasteiger partial charge in [0.1, 0.15) is 17.3 Å². The van der Waals surface area contributed by atoms with Crippen molar-refractivity contribution in [2.24, 2.45) is 0 Å². The minimum atomic E-state index is -3.08. The van der Waals surface area contributed by atoms with Gasteiger partial charge in [-0.25, -0.2) is 14.4 Å². The molecule has 0 aliphatic carbocycles. The van der Waals surface area contributed by atoms with Gasteiger partial charge in [0.2, 0.25) is 11.8 Å². The molecule has 1 N–H and O–H groups in total. The van der Waals surface area contributed by atoms with E-state index in [0.29, 0.717) is 18.3 Å². The third-order valence-corrected chi connectivity index (χ3v) is 4.78. The molecule has 1 aromatic carbocycles. The predicted molar refractivity (Wildman–Crippen MR) is 111 cm³/mol. The Labute approximate surface area is 182 Å². The van der Waals surface area contributed by atoms with E-state index in [-0.39, 0.29) is 35.5 Å². The van der Waals surface area contributed by atoms with Gasteiger partial charge in [-0.05, 0) is 32.0 Å². The number of carbonyl (C=O) groups is 1. The Kier molecular flexibility index (Phi) is 6.75. The van der Waals surface area contributed by atoms with Crippen molar-refractivity contribution in [3.63, 3.8) is 0 Å². The van der Waals surface area contributed by atoms with Gasteiger partial charge in [0.15, 0.2) is 0 Å². The van der Waals surface area contributed by atoms with Crippen LogP contribution in [0.5, 0.6) is 0 Å². The highest BCUT2D eigenvalue weighted by atomic mass is 19.3. The number of likely N-dealkylation sites (N-methyl/N-ethyl adjacent to an activating group) is 1. The molecule has 0 saturated carbocycles. The first-order valence-corrected chi connectivity index (χ1v) is 9.95. The number of hydrogen-bond acceptors (Lipinski definition) is 7. The van der Waals surface area contributed by atoms with E-state index in [4.69, 9.17) is 4.42 Å². The van der Waals surface area contributed by atoms with Crippen molar-refractivity contribution in [1.82, 2.24) is 25.1 Å². The number of hydrogen-bond donors (Lipinski definition) is 1. The lowest BCUT2D eigenvalue weighted by Crippen LogP contribution is -2.42. The Morgan fingerprint density at radius 3 is 2.56 bits per heavy atom. The molecule has 0 fully saturated rings. The average Bonchev–Trinajstić information content (AvgIpc) is 3.18. The number of anilines is 1. The summed E-state index contributed by atoms with van der Waals surface area (Å²) in [5.41, 5.74) is -0.00390. The van der Waals surface area contributed by atoms with Crippen LogP contribution in [-0.4, -0.2) is 50.1 Å². The first kappa shape index (κ1) is 23.2. The van der Waals surface area contributed by atoms with Crippen LogP contribution in [0.25, 0.3) is 11.5 Å². The van der Waals surface area contributed by atoms with Gasteiger partial charge in [0, 0.05) is 33.0 Å². The van der Waals surface area contributed by atoms with E-state index in [0.717, 1.165) is 13.1 Å². The molecule has 0 radical (unpaired) electrons. The summed E-state index contributed by atoms with van der Waals surface area (Å²) >= 11 is 0. The molecule has 0 aliphatic heterocycles. The van der Waals surface area contributed by atoms with E-state index >= 15 is 0 Å². The molecule has 0 aliphatic rings. The molecule has 0 spiro atoms. The number of amides is 1. The maximum Gasteiger partial charge on any atom is 0.288 e. The van der Waals surface area contributed by atoms with Crippen LogP contribution in [0.4, 0.5) is 19.0 Å². The Morgan fingerprint density at radius 2 is 2.00 bits per heavy atom. The molecule has 0 bridgehead atoms. The Bertz CT molecular complexity index is 1080. The summed E-state index contributed by atoms with van der Waals surface area (Å²) in [5.74, 6) is -3.31. The van der Waals surface area contributed by atoms with Crippen LogP contribution in [-0.2, 0) is 5.92 Å². The SMILES string of the molecule is CCN(C(=O)c1ccc(F)cc1-c1nnc(C)o1)[C@@H](C)CNc1cnc(C(C)(F)F)cn1. The minimum Gasteiger partial charge on any atom is -0.421 e. The molecule has 1 amide bonds. The number of rotatable bonds is 8. The molecule has 8 nitrogen and oxygen atoms in total. The summed E-state index contributed by atoms with van der Waals surface area (Å²) in [4.78, 5) is 22.5.